The monoisotopic (exact) mass is 268 g/mol. The van der Waals surface area contributed by atoms with Crippen molar-refractivity contribution < 1.29 is 4.74 Å². The molecule has 1 aromatic heterocycles. The number of nitrogens with zero attached hydrogens (tertiary/aromatic N) is 1. The highest BCUT2D eigenvalue weighted by Crippen LogP contribution is 2.22. The van der Waals surface area contributed by atoms with Gasteiger partial charge in [0.05, 0.1) is 11.2 Å². The van der Waals surface area contributed by atoms with Crippen LogP contribution >= 0.6 is 23.2 Å². The molecule has 0 amide bonds. The van der Waals surface area contributed by atoms with Gasteiger partial charge >= 0.3 is 0 Å². The van der Waals surface area contributed by atoms with E-state index in [1.165, 1.54) is 0 Å². The molecular formula is C12H10Cl2N2O. The Balaban J connectivity index is 2.09. The molecule has 3 nitrogen and oxygen atoms in total. The number of pyridine rings is 1. The van der Waals surface area contributed by atoms with Gasteiger partial charge in [0.15, 0.2) is 0 Å². The molecule has 0 aliphatic carbocycles. The van der Waals surface area contributed by atoms with Gasteiger partial charge in [-0.05, 0) is 18.2 Å². The third-order valence-electron chi connectivity index (χ3n) is 2.14. The lowest BCUT2D eigenvalue weighted by Crippen LogP contribution is -1.98. The highest BCUT2D eigenvalue weighted by molar-refractivity contribution is 6.31. The van der Waals surface area contributed by atoms with Gasteiger partial charge in [-0.2, -0.15) is 0 Å². The Bertz CT molecular complexity index is 532. The summed E-state index contributed by atoms with van der Waals surface area (Å²) in [6, 6.07) is 6.95. The fourth-order valence-corrected chi connectivity index (χ4v) is 1.67. The molecule has 0 bridgehead atoms. The zero-order valence-electron chi connectivity index (χ0n) is 8.86. The maximum atomic E-state index is 6.02. The summed E-state index contributed by atoms with van der Waals surface area (Å²) in [6.45, 7) is 0.325. The molecule has 0 spiro atoms. The molecule has 0 saturated heterocycles. The van der Waals surface area contributed by atoms with Gasteiger partial charge in [-0.3, -0.25) is 4.98 Å². The van der Waals surface area contributed by atoms with Crippen LogP contribution in [-0.4, -0.2) is 4.98 Å². The molecule has 88 valence electrons. The van der Waals surface area contributed by atoms with Gasteiger partial charge in [0.25, 0.3) is 0 Å². The number of rotatable bonds is 3. The van der Waals surface area contributed by atoms with Gasteiger partial charge in [-0.15, -0.1) is 0 Å². The maximum Gasteiger partial charge on any atom is 0.139 e. The van der Waals surface area contributed by atoms with E-state index in [1.54, 1.807) is 36.7 Å². The SMILES string of the molecule is Nc1ccc(Cl)c(COc2cncc(Cl)c2)c1. The van der Waals surface area contributed by atoms with Crippen LogP contribution in [0.2, 0.25) is 10.0 Å². The lowest BCUT2D eigenvalue weighted by Gasteiger charge is -2.08. The molecule has 0 atom stereocenters. The highest BCUT2D eigenvalue weighted by atomic mass is 35.5. The first-order chi connectivity index (χ1) is 8.15. The molecule has 0 radical (unpaired) electrons. The van der Waals surface area contributed by atoms with Crippen molar-refractivity contribution in [1.82, 2.24) is 4.98 Å². The average molecular weight is 269 g/mol. The molecule has 0 aliphatic rings. The van der Waals surface area contributed by atoms with Crippen LogP contribution in [0.25, 0.3) is 0 Å². The quantitative estimate of drug-likeness (QED) is 0.867. The van der Waals surface area contributed by atoms with Crippen molar-refractivity contribution in [3.05, 3.63) is 52.3 Å². The van der Waals surface area contributed by atoms with Crippen LogP contribution in [-0.2, 0) is 6.61 Å². The van der Waals surface area contributed by atoms with Crippen LogP contribution in [0.5, 0.6) is 5.75 Å². The topological polar surface area (TPSA) is 48.1 Å². The fourth-order valence-electron chi connectivity index (χ4n) is 1.34. The Kier molecular flexibility index (Phi) is 3.71. The van der Waals surface area contributed by atoms with Crippen LogP contribution < -0.4 is 10.5 Å². The second-order valence-electron chi connectivity index (χ2n) is 3.48. The van der Waals surface area contributed by atoms with Gasteiger partial charge in [0, 0.05) is 28.5 Å². The standard InChI is InChI=1S/C12H10Cl2N2O/c13-9-4-11(6-16-5-9)17-7-8-3-10(15)1-2-12(8)14/h1-6H,7,15H2. The van der Waals surface area contributed by atoms with Gasteiger partial charge < -0.3 is 10.5 Å². The van der Waals surface area contributed by atoms with Crippen molar-refractivity contribution in [2.24, 2.45) is 0 Å². The van der Waals surface area contributed by atoms with Gasteiger partial charge in [-0.1, -0.05) is 23.2 Å². The normalized spacial score (nSPS) is 10.2. The molecule has 1 aromatic carbocycles. The first-order valence-corrected chi connectivity index (χ1v) is 5.68. The number of nitrogen functional groups attached to an aromatic ring is 1. The number of anilines is 1. The Hall–Kier alpha value is -1.45. The number of hydrogen-bond donors (Lipinski definition) is 1. The number of nitrogens with two attached hydrogens (primary N) is 1. The average Bonchev–Trinajstić information content (AvgIpc) is 2.30. The molecule has 0 aliphatic heterocycles. The highest BCUT2D eigenvalue weighted by Gasteiger charge is 2.03. The first kappa shape index (κ1) is 12.0. The van der Waals surface area contributed by atoms with Crippen LogP contribution in [0.3, 0.4) is 0 Å². The predicted molar refractivity (Wildman–Crippen MR) is 69.4 cm³/mol. The van der Waals surface area contributed by atoms with Gasteiger partial charge in [-0.25, -0.2) is 0 Å². The van der Waals surface area contributed by atoms with E-state index in [1.807, 2.05) is 0 Å². The van der Waals surface area contributed by atoms with Crippen LogP contribution in [0.15, 0.2) is 36.7 Å². The molecule has 0 unspecified atom stereocenters. The summed E-state index contributed by atoms with van der Waals surface area (Å²) in [5.74, 6) is 0.594. The molecular weight excluding hydrogens is 259 g/mol. The zero-order valence-corrected chi connectivity index (χ0v) is 10.4. The molecule has 0 fully saturated rings. The molecule has 2 aromatic rings. The third-order valence-corrected chi connectivity index (χ3v) is 2.72. The van der Waals surface area contributed by atoms with E-state index in [2.05, 4.69) is 4.98 Å². The Labute approximate surface area is 109 Å². The number of benzene rings is 1. The summed E-state index contributed by atoms with van der Waals surface area (Å²) in [4.78, 5) is 3.92. The van der Waals surface area contributed by atoms with Crippen molar-refractivity contribution in [1.29, 1.82) is 0 Å². The van der Waals surface area contributed by atoms with Crippen LogP contribution in [0.4, 0.5) is 5.69 Å². The van der Waals surface area contributed by atoms with Gasteiger partial charge in [0.1, 0.15) is 12.4 Å². The largest absolute Gasteiger partial charge is 0.487 e. The van der Waals surface area contributed by atoms with Crippen LogP contribution in [0.1, 0.15) is 5.56 Å². The smallest absolute Gasteiger partial charge is 0.139 e. The lowest BCUT2D eigenvalue weighted by atomic mass is 10.2. The predicted octanol–water partition coefficient (Wildman–Crippen LogP) is 3.55. The summed E-state index contributed by atoms with van der Waals surface area (Å²) in [7, 11) is 0. The van der Waals surface area contributed by atoms with Crippen molar-refractivity contribution in [3.63, 3.8) is 0 Å². The van der Waals surface area contributed by atoms with Crippen molar-refractivity contribution in [2.75, 3.05) is 5.73 Å². The van der Waals surface area contributed by atoms with E-state index in [-0.39, 0.29) is 0 Å². The minimum Gasteiger partial charge on any atom is -0.487 e. The minimum absolute atomic E-state index is 0.325. The Morgan fingerprint density at radius 2 is 2.00 bits per heavy atom. The van der Waals surface area contributed by atoms with E-state index < -0.39 is 0 Å². The van der Waals surface area contributed by atoms with E-state index in [9.17, 15) is 0 Å². The number of ether oxygens (including phenoxy) is 1. The zero-order chi connectivity index (χ0) is 12.3. The second kappa shape index (κ2) is 5.25. The van der Waals surface area contributed by atoms with Crippen molar-refractivity contribution in [3.8, 4) is 5.75 Å². The molecule has 5 heteroatoms. The summed E-state index contributed by atoms with van der Waals surface area (Å²) in [5, 5.41) is 1.15. The number of aromatic nitrogens is 1. The Morgan fingerprint density at radius 1 is 1.18 bits per heavy atom. The first-order valence-electron chi connectivity index (χ1n) is 4.92. The van der Waals surface area contributed by atoms with Crippen LogP contribution in [0, 0.1) is 0 Å². The maximum absolute atomic E-state index is 6.02. The molecule has 2 rings (SSSR count). The summed E-state index contributed by atoms with van der Waals surface area (Å²) >= 11 is 11.8. The lowest BCUT2D eigenvalue weighted by molar-refractivity contribution is 0.305. The van der Waals surface area contributed by atoms with E-state index in [0.717, 1.165) is 5.56 Å². The minimum atomic E-state index is 0.325. The summed E-state index contributed by atoms with van der Waals surface area (Å²) in [6.07, 6.45) is 3.13. The molecule has 17 heavy (non-hydrogen) atoms. The summed E-state index contributed by atoms with van der Waals surface area (Å²) < 4.78 is 5.52. The van der Waals surface area contributed by atoms with E-state index >= 15 is 0 Å². The third kappa shape index (κ3) is 3.25. The molecule has 0 saturated carbocycles. The molecule has 1 heterocycles. The number of halogens is 2. The molecule has 2 N–H and O–H groups in total. The van der Waals surface area contributed by atoms with Crippen molar-refractivity contribution >= 4 is 28.9 Å². The van der Waals surface area contributed by atoms with Gasteiger partial charge in [0.2, 0.25) is 0 Å². The second-order valence-corrected chi connectivity index (χ2v) is 4.32. The summed E-state index contributed by atoms with van der Waals surface area (Å²) in [5.41, 5.74) is 7.15. The Morgan fingerprint density at radius 3 is 2.76 bits per heavy atom. The van der Waals surface area contributed by atoms with E-state index in [0.29, 0.717) is 28.1 Å². The van der Waals surface area contributed by atoms with Crippen molar-refractivity contribution in [2.45, 2.75) is 6.61 Å². The fraction of sp³-hybridized carbons (Fsp3) is 0.0833. The number of hydrogen-bond acceptors (Lipinski definition) is 3. The van der Waals surface area contributed by atoms with E-state index in [4.69, 9.17) is 33.7 Å².